The van der Waals surface area contributed by atoms with E-state index in [2.05, 4.69) is 15.3 Å². The van der Waals surface area contributed by atoms with Crippen LogP contribution in [0.1, 0.15) is 22.9 Å². The van der Waals surface area contributed by atoms with E-state index in [4.69, 9.17) is 15.4 Å². The van der Waals surface area contributed by atoms with Gasteiger partial charge in [-0.2, -0.15) is 5.26 Å². The maximum Gasteiger partial charge on any atom is 0.213 e. The summed E-state index contributed by atoms with van der Waals surface area (Å²) in [6.07, 6.45) is 1.50. The van der Waals surface area contributed by atoms with Gasteiger partial charge in [0.1, 0.15) is 17.6 Å². The Morgan fingerprint density at radius 3 is 2.89 bits per heavy atom. The lowest BCUT2D eigenvalue weighted by molar-refractivity contribution is 0.478. The lowest BCUT2D eigenvalue weighted by Crippen LogP contribution is -2.04. The quantitative estimate of drug-likeness (QED) is 0.851. The SMILES string of the molecule is Cc1nc(CNc2ncc(N)cc2C#N)oc1C. The van der Waals surface area contributed by atoms with Crippen molar-refractivity contribution in [2.24, 2.45) is 0 Å². The summed E-state index contributed by atoms with van der Waals surface area (Å²) in [4.78, 5) is 8.30. The van der Waals surface area contributed by atoms with Crippen molar-refractivity contribution in [3.63, 3.8) is 0 Å². The summed E-state index contributed by atoms with van der Waals surface area (Å²) in [6.45, 7) is 4.11. The van der Waals surface area contributed by atoms with E-state index in [1.54, 1.807) is 6.07 Å². The molecule has 0 spiro atoms. The van der Waals surface area contributed by atoms with Gasteiger partial charge in [-0.25, -0.2) is 9.97 Å². The lowest BCUT2D eigenvalue weighted by Gasteiger charge is -2.05. The molecule has 0 bridgehead atoms. The zero-order valence-electron chi connectivity index (χ0n) is 10.2. The minimum Gasteiger partial charge on any atom is -0.444 e. The zero-order valence-corrected chi connectivity index (χ0v) is 10.2. The van der Waals surface area contributed by atoms with Crippen molar-refractivity contribution >= 4 is 11.5 Å². The van der Waals surface area contributed by atoms with E-state index in [1.807, 2.05) is 19.9 Å². The monoisotopic (exact) mass is 243 g/mol. The van der Waals surface area contributed by atoms with Crippen LogP contribution in [0.15, 0.2) is 16.7 Å². The van der Waals surface area contributed by atoms with Crippen molar-refractivity contribution in [2.75, 3.05) is 11.1 Å². The molecule has 0 aliphatic carbocycles. The second-order valence-corrected chi connectivity index (χ2v) is 3.88. The van der Waals surface area contributed by atoms with E-state index in [0.29, 0.717) is 29.5 Å². The van der Waals surface area contributed by atoms with Gasteiger partial charge in [-0.1, -0.05) is 0 Å². The van der Waals surface area contributed by atoms with Gasteiger partial charge in [0, 0.05) is 0 Å². The minimum absolute atomic E-state index is 0.375. The third kappa shape index (κ3) is 2.40. The fraction of sp³-hybridized carbons (Fsp3) is 0.250. The first-order chi connectivity index (χ1) is 8.60. The summed E-state index contributed by atoms with van der Waals surface area (Å²) in [5.41, 5.74) is 7.28. The summed E-state index contributed by atoms with van der Waals surface area (Å²) in [5.74, 6) is 1.82. The van der Waals surface area contributed by atoms with Crippen molar-refractivity contribution in [3.8, 4) is 6.07 Å². The number of aryl methyl sites for hydroxylation is 2. The third-order valence-corrected chi connectivity index (χ3v) is 2.51. The number of aromatic nitrogens is 2. The van der Waals surface area contributed by atoms with Crippen LogP contribution in [0, 0.1) is 25.2 Å². The molecule has 2 aromatic rings. The number of rotatable bonds is 3. The molecule has 0 saturated heterocycles. The number of nitrogens with one attached hydrogen (secondary N) is 1. The highest BCUT2D eigenvalue weighted by molar-refractivity contribution is 5.57. The molecule has 0 aliphatic rings. The molecule has 6 nitrogen and oxygen atoms in total. The number of oxazole rings is 1. The fourth-order valence-electron chi connectivity index (χ4n) is 1.48. The number of anilines is 2. The molecular weight excluding hydrogens is 230 g/mol. The number of nitrogens with two attached hydrogens (primary N) is 1. The largest absolute Gasteiger partial charge is 0.444 e. The molecule has 92 valence electrons. The van der Waals surface area contributed by atoms with Crippen LogP contribution >= 0.6 is 0 Å². The second kappa shape index (κ2) is 4.75. The van der Waals surface area contributed by atoms with Crippen molar-refractivity contribution in [3.05, 3.63) is 35.2 Å². The molecule has 0 saturated carbocycles. The Labute approximate surface area is 104 Å². The summed E-state index contributed by atoms with van der Waals surface area (Å²) >= 11 is 0. The van der Waals surface area contributed by atoms with E-state index in [9.17, 15) is 0 Å². The zero-order chi connectivity index (χ0) is 13.1. The molecule has 2 heterocycles. The van der Waals surface area contributed by atoms with E-state index >= 15 is 0 Å². The molecule has 18 heavy (non-hydrogen) atoms. The maximum absolute atomic E-state index is 8.96. The van der Waals surface area contributed by atoms with Gasteiger partial charge in [-0.05, 0) is 19.9 Å². The number of nitriles is 1. The van der Waals surface area contributed by atoms with Gasteiger partial charge in [-0.3, -0.25) is 0 Å². The van der Waals surface area contributed by atoms with Crippen LogP contribution in [-0.4, -0.2) is 9.97 Å². The standard InChI is InChI=1S/C12H13N5O/c1-7-8(2)18-11(17-7)6-16-12-9(4-13)3-10(14)5-15-12/h3,5H,6,14H2,1-2H3,(H,15,16). The Morgan fingerprint density at radius 1 is 1.50 bits per heavy atom. The van der Waals surface area contributed by atoms with Gasteiger partial charge in [0.15, 0.2) is 0 Å². The molecule has 2 aromatic heterocycles. The Hall–Kier alpha value is -2.55. The number of nitrogen functional groups attached to an aromatic ring is 1. The molecule has 2 rings (SSSR count). The highest BCUT2D eigenvalue weighted by Crippen LogP contribution is 2.16. The Morgan fingerprint density at radius 2 is 2.28 bits per heavy atom. The van der Waals surface area contributed by atoms with Crippen molar-refractivity contribution in [1.29, 1.82) is 5.26 Å². The second-order valence-electron chi connectivity index (χ2n) is 3.88. The average molecular weight is 243 g/mol. The molecule has 6 heteroatoms. The van der Waals surface area contributed by atoms with Crippen molar-refractivity contribution < 1.29 is 4.42 Å². The first kappa shape index (κ1) is 11.9. The first-order valence-electron chi connectivity index (χ1n) is 5.42. The first-order valence-corrected chi connectivity index (χ1v) is 5.42. The molecule has 0 aromatic carbocycles. The number of hydrogen-bond donors (Lipinski definition) is 2. The van der Waals surface area contributed by atoms with Gasteiger partial charge in [0.05, 0.1) is 29.7 Å². The van der Waals surface area contributed by atoms with E-state index in [-0.39, 0.29) is 0 Å². The normalized spacial score (nSPS) is 10.1. The third-order valence-electron chi connectivity index (χ3n) is 2.51. The lowest BCUT2D eigenvalue weighted by atomic mass is 10.2. The molecule has 0 radical (unpaired) electrons. The van der Waals surface area contributed by atoms with Gasteiger partial charge in [0.2, 0.25) is 5.89 Å². The molecule has 0 aliphatic heterocycles. The average Bonchev–Trinajstić information content (AvgIpc) is 2.67. The Kier molecular flexibility index (Phi) is 3.15. The summed E-state index contributed by atoms with van der Waals surface area (Å²) in [7, 11) is 0. The summed E-state index contributed by atoms with van der Waals surface area (Å²) in [5, 5.41) is 12.0. The summed E-state index contributed by atoms with van der Waals surface area (Å²) < 4.78 is 5.42. The van der Waals surface area contributed by atoms with Crippen LogP contribution in [0.3, 0.4) is 0 Å². The molecule has 0 atom stereocenters. The van der Waals surface area contributed by atoms with Crippen LogP contribution in [-0.2, 0) is 6.54 Å². The highest BCUT2D eigenvalue weighted by atomic mass is 16.4. The topological polar surface area (TPSA) is 101 Å². The molecule has 0 amide bonds. The number of hydrogen-bond acceptors (Lipinski definition) is 6. The van der Waals surface area contributed by atoms with E-state index in [1.165, 1.54) is 6.20 Å². The maximum atomic E-state index is 8.96. The van der Waals surface area contributed by atoms with Crippen molar-refractivity contribution in [1.82, 2.24) is 9.97 Å². The van der Waals surface area contributed by atoms with Crippen LogP contribution in [0.4, 0.5) is 11.5 Å². The van der Waals surface area contributed by atoms with Crippen LogP contribution in [0.25, 0.3) is 0 Å². The van der Waals surface area contributed by atoms with Gasteiger partial charge >= 0.3 is 0 Å². The van der Waals surface area contributed by atoms with Crippen LogP contribution in [0.2, 0.25) is 0 Å². The van der Waals surface area contributed by atoms with Gasteiger partial charge < -0.3 is 15.5 Å². The smallest absolute Gasteiger partial charge is 0.213 e. The Balaban J connectivity index is 2.13. The van der Waals surface area contributed by atoms with Crippen LogP contribution in [0.5, 0.6) is 0 Å². The molecular formula is C12H13N5O. The highest BCUT2D eigenvalue weighted by Gasteiger charge is 2.08. The molecule has 3 N–H and O–H groups in total. The minimum atomic E-state index is 0.375. The molecule has 0 fully saturated rings. The van der Waals surface area contributed by atoms with Gasteiger partial charge in [0.25, 0.3) is 0 Å². The number of nitrogens with zero attached hydrogens (tertiary/aromatic N) is 3. The Bertz CT molecular complexity index is 592. The van der Waals surface area contributed by atoms with E-state index in [0.717, 1.165) is 11.5 Å². The predicted octanol–water partition coefficient (Wildman–Crippen LogP) is 1.75. The van der Waals surface area contributed by atoms with E-state index < -0.39 is 0 Å². The summed E-state index contributed by atoms with van der Waals surface area (Å²) in [6, 6.07) is 3.60. The fourth-order valence-corrected chi connectivity index (χ4v) is 1.48. The predicted molar refractivity (Wildman–Crippen MR) is 66.7 cm³/mol. The van der Waals surface area contributed by atoms with Crippen molar-refractivity contribution in [2.45, 2.75) is 20.4 Å². The van der Waals surface area contributed by atoms with Crippen LogP contribution < -0.4 is 11.1 Å². The van der Waals surface area contributed by atoms with Gasteiger partial charge in [-0.15, -0.1) is 0 Å². The molecule has 0 unspecified atom stereocenters. The number of pyridine rings is 1.